The quantitative estimate of drug-likeness (QED) is 0.634. The fourth-order valence-corrected chi connectivity index (χ4v) is 2.97. The fourth-order valence-electron chi connectivity index (χ4n) is 2.97. The maximum Gasteiger partial charge on any atom is 0.214 e. The number of halogens is 2. The van der Waals surface area contributed by atoms with Crippen molar-refractivity contribution in [3.8, 4) is 6.07 Å². The van der Waals surface area contributed by atoms with Crippen molar-refractivity contribution >= 4 is 17.8 Å². The zero-order valence-electron chi connectivity index (χ0n) is 13.2. The van der Waals surface area contributed by atoms with Crippen molar-refractivity contribution in [3.05, 3.63) is 36.0 Å². The summed E-state index contributed by atoms with van der Waals surface area (Å²) in [5.74, 6) is -0.510. The van der Waals surface area contributed by atoms with E-state index in [1.54, 1.807) is 0 Å². The van der Waals surface area contributed by atoms with Crippen LogP contribution >= 0.6 is 0 Å². The lowest BCUT2D eigenvalue weighted by Crippen LogP contribution is -2.53. The number of hydrogen-bond donors (Lipinski definition) is 2. The van der Waals surface area contributed by atoms with Gasteiger partial charge in [0.2, 0.25) is 5.95 Å². The summed E-state index contributed by atoms with van der Waals surface area (Å²) in [5, 5.41) is 19.2. The highest BCUT2D eigenvalue weighted by atomic mass is 19.1. The number of carbonyl (C=O) groups is 1. The van der Waals surface area contributed by atoms with E-state index >= 15 is 0 Å². The predicted molar refractivity (Wildman–Crippen MR) is 85.7 cm³/mol. The standard InChI is InChI=1S/C16H16F2N6O/c17-13-8-20-6-3-16(13,2-4-19)24-9-11(10-25)15(23-24)22-12-1-5-21-14(18)7-12/h1,5,7,9-10,13,20H,2-3,6,8H2,(H,21,22,23). The Bertz CT molecular complexity index is 817. The molecule has 2 atom stereocenters. The average Bonchev–Trinajstić information content (AvgIpc) is 3.00. The Morgan fingerprint density at radius 3 is 3.12 bits per heavy atom. The van der Waals surface area contributed by atoms with Crippen molar-refractivity contribution in [1.82, 2.24) is 20.1 Å². The number of alkyl halides is 1. The number of aldehydes is 1. The number of nitriles is 1. The molecule has 1 aliphatic heterocycles. The summed E-state index contributed by atoms with van der Waals surface area (Å²) in [7, 11) is 0. The van der Waals surface area contributed by atoms with Crippen molar-refractivity contribution in [2.75, 3.05) is 18.4 Å². The molecular weight excluding hydrogens is 330 g/mol. The molecule has 25 heavy (non-hydrogen) atoms. The number of anilines is 2. The molecule has 0 amide bonds. The van der Waals surface area contributed by atoms with Crippen LogP contribution in [-0.2, 0) is 5.54 Å². The van der Waals surface area contributed by atoms with E-state index in [1.165, 1.54) is 23.1 Å². The zero-order chi connectivity index (χ0) is 17.9. The molecule has 2 N–H and O–H groups in total. The van der Waals surface area contributed by atoms with Crippen LogP contribution < -0.4 is 10.6 Å². The number of rotatable bonds is 5. The molecule has 130 valence electrons. The molecule has 3 rings (SSSR count). The molecule has 0 radical (unpaired) electrons. The van der Waals surface area contributed by atoms with Crippen LogP contribution in [0.5, 0.6) is 0 Å². The Hall–Kier alpha value is -2.86. The smallest absolute Gasteiger partial charge is 0.214 e. The number of hydrogen-bond acceptors (Lipinski definition) is 6. The third-order valence-electron chi connectivity index (χ3n) is 4.34. The van der Waals surface area contributed by atoms with Gasteiger partial charge in [-0.2, -0.15) is 14.8 Å². The number of pyridine rings is 1. The molecule has 0 aliphatic carbocycles. The molecular formula is C16H16F2N6O. The first kappa shape index (κ1) is 17.0. The summed E-state index contributed by atoms with van der Waals surface area (Å²) < 4.78 is 29.2. The first-order valence-electron chi connectivity index (χ1n) is 7.75. The Kier molecular flexibility index (Phi) is 4.72. The lowest BCUT2D eigenvalue weighted by Gasteiger charge is -2.39. The normalized spacial score (nSPS) is 23.0. The number of nitrogens with one attached hydrogen (secondary N) is 2. The topological polar surface area (TPSA) is 95.6 Å². The van der Waals surface area contributed by atoms with Crippen LogP contribution in [0.3, 0.4) is 0 Å². The summed E-state index contributed by atoms with van der Waals surface area (Å²) in [5.41, 5.74) is -0.584. The molecule has 1 aliphatic rings. The van der Waals surface area contributed by atoms with Crippen molar-refractivity contribution < 1.29 is 13.6 Å². The summed E-state index contributed by atoms with van der Waals surface area (Å²) in [6.45, 7) is 0.646. The zero-order valence-corrected chi connectivity index (χ0v) is 13.2. The first-order valence-corrected chi connectivity index (χ1v) is 7.75. The number of aromatic nitrogens is 3. The largest absolute Gasteiger partial charge is 0.338 e. The molecule has 0 saturated carbocycles. The van der Waals surface area contributed by atoms with E-state index in [-0.39, 0.29) is 24.3 Å². The van der Waals surface area contributed by atoms with E-state index in [4.69, 9.17) is 5.26 Å². The third-order valence-corrected chi connectivity index (χ3v) is 4.34. The second-order valence-corrected chi connectivity index (χ2v) is 5.85. The van der Waals surface area contributed by atoms with Crippen molar-refractivity contribution in [3.63, 3.8) is 0 Å². The van der Waals surface area contributed by atoms with Crippen molar-refractivity contribution in [2.45, 2.75) is 24.6 Å². The van der Waals surface area contributed by atoms with Gasteiger partial charge in [-0.05, 0) is 19.0 Å². The second-order valence-electron chi connectivity index (χ2n) is 5.85. The van der Waals surface area contributed by atoms with Gasteiger partial charge in [0.15, 0.2) is 12.1 Å². The van der Waals surface area contributed by atoms with Crippen molar-refractivity contribution in [2.24, 2.45) is 0 Å². The molecule has 2 unspecified atom stereocenters. The van der Waals surface area contributed by atoms with Crippen LogP contribution in [0.15, 0.2) is 24.5 Å². The summed E-state index contributed by atoms with van der Waals surface area (Å²) in [6, 6.07) is 4.69. The van der Waals surface area contributed by atoms with E-state index in [0.29, 0.717) is 24.9 Å². The molecule has 9 heteroatoms. The second kappa shape index (κ2) is 6.94. The van der Waals surface area contributed by atoms with Gasteiger partial charge >= 0.3 is 0 Å². The Morgan fingerprint density at radius 2 is 2.44 bits per heavy atom. The third kappa shape index (κ3) is 3.21. The lowest BCUT2D eigenvalue weighted by atomic mass is 9.84. The maximum atomic E-state index is 14.7. The van der Waals surface area contributed by atoms with Crippen molar-refractivity contribution in [1.29, 1.82) is 5.26 Å². The molecule has 2 aromatic rings. The molecule has 0 aromatic carbocycles. The lowest BCUT2D eigenvalue weighted by molar-refractivity contribution is 0.0685. The van der Waals surface area contributed by atoms with Crippen LogP contribution in [0, 0.1) is 17.3 Å². The fraction of sp³-hybridized carbons (Fsp3) is 0.375. The van der Waals surface area contributed by atoms with E-state index in [2.05, 4.69) is 20.7 Å². The highest BCUT2D eigenvalue weighted by molar-refractivity contribution is 5.83. The Morgan fingerprint density at radius 1 is 1.60 bits per heavy atom. The highest BCUT2D eigenvalue weighted by Gasteiger charge is 2.44. The van der Waals surface area contributed by atoms with Gasteiger partial charge in [0.05, 0.1) is 18.1 Å². The van der Waals surface area contributed by atoms with Gasteiger partial charge < -0.3 is 10.6 Å². The van der Waals surface area contributed by atoms with E-state index in [0.717, 1.165) is 6.07 Å². The highest BCUT2D eigenvalue weighted by Crippen LogP contribution is 2.34. The van der Waals surface area contributed by atoms with Crippen LogP contribution in [0.25, 0.3) is 0 Å². The molecule has 1 saturated heterocycles. The van der Waals surface area contributed by atoms with E-state index in [1.807, 2.05) is 6.07 Å². The minimum atomic E-state index is -1.33. The predicted octanol–water partition coefficient (Wildman–Crippen LogP) is 1.91. The molecule has 3 heterocycles. The number of nitrogens with zero attached hydrogens (tertiary/aromatic N) is 4. The Balaban J connectivity index is 1.99. The van der Waals surface area contributed by atoms with Crippen LogP contribution in [0.4, 0.5) is 20.3 Å². The van der Waals surface area contributed by atoms with Gasteiger partial charge in [0.1, 0.15) is 11.7 Å². The minimum Gasteiger partial charge on any atom is -0.338 e. The van der Waals surface area contributed by atoms with E-state index in [9.17, 15) is 13.6 Å². The van der Waals surface area contributed by atoms with Crippen LogP contribution in [-0.4, -0.2) is 40.3 Å². The molecule has 0 bridgehead atoms. The number of piperidine rings is 1. The van der Waals surface area contributed by atoms with Gasteiger partial charge in [-0.25, -0.2) is 9.37 Å². The van der Waals surface area contributed by atoms with Gasteiger partial charge in [0.25, 0.3) is 0 Å². The maximum absolute atomic E-state index is 14.7. The summed E-state index contributed by atoms with van der Waals surface area (Å²) >= 11 is 0. The van der Waals surface area contributed by atoms with Crippen LogP contribution in [0.2, 0.25) is 0 Å². The first-order chi connectivity index (χ1) is 12.1. The number of carbonyl (C=O) groups excluding carboxylic acids is 1. The SMILES string of the molecule is N#CCC1(n2cc(C=O)c(Nc3ccnc(F)c3)n2)CCNCC1F. The summed E-state index contributed by atoms with van der Waals surface area (Å²) in [4.78, 5) is 14.8. The Labute approximate surface area is 142 Å². The van der Waals surface area contributed by atoms with Crippen LogP contribution in [0.1, 0.15) is 23.2 Å². The minimum absolute atomic E-state index is 0.0703. The molecule has 7 nitrogen and oxygen atoms in total. The van der Waals surface area contributed by atoms with Gasteiger partial charge in [-0.1, -0.05) is 0 Å². The molecule has 1 fully saturated rings. The summed E-state index contributed by atoms with van der Waals surface area (Å²) in [6.07, 6.45) is 2.24. The average molecular weight is 346 g/mol. The monoisotopic (exact) mass is 346 g/mol. The molecule has 2 aromatic heterocycles. The van der Waals surface area contributed by atoms with Gasteiger partial charge in [0, 0.05) is 30.7 Å². The van der Waals surface area contributed by atoms with E-state index < -0.39 is 17.7 Å². The van der Waals surface area contributed by atoms with Gasteiger partial charge in [-0.3, -0.25) is 9.48 Å². The van der Waals surface area contributed by atoms with Gasteiger partial charge in [-0.15, -0.1) is 0 Å². The molecule has 0 spiro atoms.